The average molecular weight is 385 g/mol. The first-order valence-electron chi connectivity index (χ1n) is 9.60. The summed E-state index contributed by atoms with van der Waals surface area (Å²) in [6, 6.07) is 11.2. The van der Waals surface area contributed by atoms with E-state index in [9.17, 15) is 9.59 Å². The highest BCUT2D eigenvalue weighted by Gasteiger charge is 2.23. The molecule has 0 radical (unpaired) electrons. The maximum Gasteiger partial charge on any atom is 0.289 e. The summed E-state index contributed by atoms with van der Waals surface area (Å²) in [6.07, 6.45) is 2.66. The van der Waals surface area contributed by atoms with E-state index < -0.39 is 0 Å². The van der Waals surface area contributed by atoms with E-state index in [0.717, 1.165) is 30.9 Å². The van der Waals surface area contributed by atoms with Crippen molar-refractivity contribution in [2.45, 2.75) is 12.8 Å². The van der Waals surface area contributed by atoms with Crippen LogP contribution in [-0.4, -0.2) is 68.0 Å². The van der Waals surface area contributed by atoms with Gasteiger partial charge in [0.15, 0.2) is 5.76 Å². The fraction of sp³-hybridized carbons (Fsp3) is 0.429. The molecule has 7 nitrogen and oxygen atoms in total. The number of hydrogen-bond donors (Lipinski definition) is 1. The molecule has 7 heteroatoms. The smallest absolute Gasteiger partial charge is 0.289 e. The normalized spacial score (nSPS) is 14.7. The third-order valence-electron chi connectivity index (χ3n) is 4.92. The Morgan fingerprint density at radius 3 is 2.68 bits per heavy atom. The Balaban J connectivity index is 1.31. The fourth-order valence-corrected chi connectivity index (χ4v) is 3.26. The molecule has 0 saturated carbocycles. The zero-order valence-electron chi connectivity index (χ0n) is 16.2. The van der Waals surface area contributed by atoms with E-state index in [1.165, 1.54) is 6.26 Å². The summed E-state index contributed by atoms with van der Waals surface area (Å²) in [5, 5.41) is 2.98. The first-order valence-corrected chi connectivity index (χ1v) is 9.60. The third-order valence-corrected chi connectivity index (χ3v) is 4.92. The number of nitrogens with one attached hydrogen (secondary N) is 1. The highest BCUT2D eigenvalue weighted by Crippen LogP contribution is 2.14. The van der Waals surface area contributed by atoms with Crippen LogP contribution in [0.1, 0.15) is 22.5 Å². The predicted molar refractivity (Wildman–Crippen MR) is 105 cm³/mol. The molecule has 1 saturated heterocycles. The predicted octanol–water partition coefficient (Wildman–Crippen LogP) is 1.79. The minimum Gasteiger partial charge on any atom is -0.497 e. The molecular weight excluding hydrogens is 358 g/mol. The minimum absolute atomic E-state index is 0.0504. The molecule has 1 aliphatic heterocycles. The highest BCUT2D eigenvalue weighted by molar-refractivity contribution is 5.91. The molecule has 2 amide bonds. The Bertz CT molecular complexity index is 768. The Kier molecular flexibility index (Phi) is 7.08. The van der Waals surface area contributed by atoms with E-state index in [0.29, 0.717) is 38.2 Å². The van der Waals surface area contributed by atoms with E-state index in [-0.39, 0.29) is 11.8 Å². The van der Waals surface area contributed by atoms with Gasteiger partial charge in [0.25, 0.3) is 5.91 Å². The maximum absolute atomic E-state index is 12.2. The van der Waals surface area contributed by atoms with Gasteiger partial charge < -0.3 is 19.4 Å². The van der Waals surface area contributed by atoms with Crippen molar-refractivity contribution < 1.29 is 18.7 Å². The number of methoxy groups -OCH3 is 1. The maximum atomic E-state index is 12.2. The summed E-state index contributed by atoms with van der Waals surface area (Å²) in [5.41, 5.74) is 1.09. The van der Waals surface area contributed by atoms with Crippen molar-refractivity contribution in [3.63, 3.8) is 0 Å². The Hall–Kier alpha value is -2.80. The number of furan rings is 1. The molecule has 1 aliphatic rings. The number of nitrogens with zero attached hydrogens (tertiary/aromatic N) is 2. The first-order chi connectivity index (χ1) is 13.7. The van der Waals surface area contributed by atoms with Crippen LogP contribution < -0.4 is 10.1 Å². The number of piperazine rings is 1. The lowest BCUT2D eigenvalue weighted by Crippen LogP contribution is -2.50. The Morgan fingerprint density at radius 2 is 1.96 bits per heavy atom. The minimum atomic E-state index is -0.0597. The standard InChI is InChI=1S/C21H27N3O4/c1-27-18-5-2-4-17(16-18)7-8-20(25)22-9-10-23-11-13-24(14-12-23)21(26)19-6-3-15-28-19/h2-6,15-16H,7-14H2,1H3,(H,22,25). The van der Waals surface area contributed by atoms with Crippen molar-refractivity contribution >= 4 is 11.8 Å². The molecule has 1 aromatic heterocycles. The second-order valence-electron chi connectivity index (χ2n) is 6.81. The molecule has 1 N–H and O–H groups in total. The molecular formula is C21H27N3O4. The Morgan fingerprint density at radius 1 is 1.14 bits per heavy atom. The largest absolute Gasteiger partial charge is 0.497 e. The number of rotatable bonds is 8. The van der Waals surface area contributed by atoms with Gasteiger partial charge in [-0.1, -0.05) is 12.1 Å². The third kappa shape index (κ3) is 5.60. The van der Waals surface area contributed by atoms with E-state index in [1.807, 2.05) is 29.2 Å². The number of amides is 2. The van der Waals surface area contributed by atoms with Crippen molar-refractivity contribution in [1.29, 1.82) is 0 Å². The summed E-state index contributed by atoms with van der Waals surface area (Å²) in [6.45, 7) is 4.33. The number of aryl methyl sites for hydroxylation is 1. The zero-order valence-corrected chi connectivity index (χ0v) is 16.2. The lowest BCUT2D eigenvalue weighted by Gasteiger charge is -2.34. The number of hydrogen-bond acceptors (Lipinski definition) is 5. The van der Waals surface area contributed by atoms with Gasteiger partial charge in [0.2, 0.25) is 5.91 Å². The summed E-state index contributed by atoms with van der Waals surface area (Å²) in [7, 11) is 1.64. The van der Waals surface area contributed by atoms with Crippen molar-refractivity contribution in [1.82, 2.24) is 15.1 Å². The molecule has 0 spiro atoms. The van der Waals surface area contributed by atoms with E-state index in [4.69, 9.17) is 9.15 Å². The summed E-state index contributed by atoms with van der Waals surface area (Å²) < 4.78 is 10.4. The monoisotopic (exact) mass is 385 g/mol. The van der Waals surface area contributed by atoms with E-state index >= 15 is 0 Å². The molecule has 1 fully saturated rings. The Labute approximate surface area is 165 Å². The van der Waals surface area contributed by atoms with Crippen LogP contribution in [0.2, 0.25) is 0 Å². The number of carbonyl (C=O) groups excluding carboxylic acids is 2. The second kappa shape index (κ2) is 9.94. The molecule has 0 unspecified atom stereocenters. The van der Waals surface area contributed by atoms with Gasteiger partial charge in [-0.25, -0.2) is 0 Å². The van der Waals surface area contributed by atoms with Crippen LogP contribution >= 0.6 is 0 Å². The second-order valence-corrected chi connectivity index (χ2v) is 6.81. The van der Waals surface area contributed by atoms with E-state index in [1.54, 1.807) is 19.2 Å². The number of carbonyl (C=O) groups is 2. The number of benzene rings is 1. The molecule has 2 heterocycles. The molecule has 1 aromatic carbocycles. The molecule has 150 valence electrons. The van der Waals surface area contributed by atoms with Crippen LogP contribution in [0.5, 0.6) is 5.75 Å². The van der Waals surface area contributed by atoms with Crippen LogP contribution in [0.4, 0.5) is 0 Å². The summed E-state index contributed by atoms with van der Waals surface area (Å²) in [4.78, 5) is 28.4. The van der Waals surface area contributed by atoms with Crippen LogP contribution in [0, 0.1) is 0 Å². The van der Waals surface area contributed by atoms with Gasteiger partial charge in [-0.05, 0) is 36.2 Å². The van der Waals surface area contributed by atoms with Gasteiger partial charge in [-0.15, -0.1) is 0 Å². The SMILES string of the molecule is COc1cccc(CCC(=O)NCCN2CCN(C(=O)c3ccco3)CC2)c1. The van der Waals surface area contributed by atoms with Crippen molar-refractivity contribution in [2.24, 2.45) is 0 Å². The first kappa shape index (κ1) is 19.9. The van der Waals surface area contributed by atoms with Crippen LogP contribution in [0.15, 0.2) is 47.1 Å². The van der Waals surface area contributed by atoms with Crippen molar-refractivity contribution in [3.05, 3.63) is 54.0 Å². The van der Waals surface area contributed by atoms with Crippen LogP contribution in [0.3, 0.4) is 0 Å². The summed E-state index contributed by atoms with van der Waals surface area (Å²) in [5.74, 6) is 1.18. The van der Waals surface area contributed by atoms with Gasteiger partial charge in [-0.2, -0.15) is 0 Å². The molecule has 0 atom stereocenters. The number of ether oxygens (including phenoxy) is 1. The van der Waals surface area contributed by atoms with Crippen molar-refractivity contribution in [3.8, 4) is 5.75 Å². The molecule has 28 heavy (non-hydrogen) atoms. The van der Waals surface area contributed by atoms with Gasteiger partial charge in [0, 0.05) is 45.7 Å². The topological polar surface area (TPSA) is 75.0 Å². The van der Waals surface area contributed by atoms with Gasteiger partial charge in [0.05, 0.1) is 13.4 Å². The van der Waals surface area contributed by atoms with Gasteiger partial charge in [0.1, 0.15) is 5.75 Å². The molecule has 2 aromatic rings. The lowest BCUT2D eigenvalue weighted by molar-refractivity contribution is -0.121. The quantitative estimate of drug-likeness (QED) is 0.750. The van der Waals surface area contributed by atoms with Gasteiger partial charge in [-0.3, -0.25) is 14.5 Å². The molecule has 3 rings (SSSR count). The van der Waals surface area contributed by atoms with Crippen molar-refractivity contribution in [2.75, 3.05) is 46.4 Å². The zero-order chi connectivity index (χ0) is 19.8. The van der Waals surface area contributed by atoms with E-state index in [2.05, 4.69) is 10.2 Å². The summed E-state index contributed by atoms with van der Waals surface area (Å²) >= 11 is 0. The molecule has 0 bridgehead atoms. The lowest BCUT2D eigenvalue weighted by atomic mass is 10.1. The van der Waals surface area contributed by atoms with Gasteiger partial charge >= 0.3 is 0 Å². The fourth-order valence-electron chi connectivity index (χ4n) is 3.26. The average Bonchev–Trinajstić information content (AvgIpc) is 3.27. The molecule has 0 aliphatic carbocycles. The van der Waals surface area contributed by atoms with Crippen LogP contribution in [0.25, 0.3) is 0 Å². The van der Waals surface area contributed by atoms with Crippen LogP contribution in [-0.2, 0) is 11.2 Å². The highest BCUT2D eigenvalue weighted by atomic mass is 16.5.